The molecule has 140 valence electrons. The van der Waals surface area contributed by atoms with Crippen molar-refractivity contribution < 1.29 is 19.4 Å². The van der Waals surface area contributed by atoms with Crippen LogP contribution in [0.5, 0.6) is 5.75 Å². The predicted octanol–water partition coefficient (Wildman–Crippen LogP) is 2.08. The molecule has 1 aliphatic heterocycles. The quantitative estimate of drug-likeness (QED) is 0.865. The van der Waals surface area contributed by atoms with Gasteiger partial charge >= 0.3 is 5.97 Å². The Bertz CT molecular complexity index is 878. The molecular weight excluding hydrogens is 348 g/mol. The van der Waals surface area contributed by atoms with Crippen molar-refractivity contribution in [3.63, 3.8) is 0 Å². The Balaban J connectivity index is 1.57. The van der Waals surface area contributed by atoms with Crippen molar-refractivity contribution in [3.8, 4) is 11.8 Å². The van der Waals surface area contributed by atoms with Crippen molar-refractivity contribution in [1.82, 2.24) is 14.7 Å². The summed E-state index contributed by atoms with van der Waals surface area (Å²) in [4.78, 5) is 25.4. The van der Waals surface area contributed by atoms with Gasteiger partial charge in [0.05, 0.1) is 23.4 Å². The number of carbonyl (C=O) groups excluding carboxylic acids is 1. The van der Waals surface area contributed by atoms with Crippen LogP contribution in [0.1, 0.15) is 41.7 Å². The molecule has 8 heteroatoms. The Morgan fingerprint density at radius 2 is 2.04 bits per heavy atom. The van der Waals surface area contributed by atoms with Crippen LogP contribution in [0, 0.1) is 11.3 Å². The topological polar surface area (TPSA) is 108 Å². The third-order valence-electron chi connectivity index (χ3n) is 4.66. The Morgan fingerprint density at radius 3 is 2.67 bits per heavy atom. The number of ether oxygens (including phenoxy) is 1. The van der Waals surface area contributed by atoms with Crippen molar-refractivity contribution in [1.29, 1.82) is 5.26 Å². The summed E-state index contributed by atoms with van der Waals surface area (Å²) in [7, 11) is 0. The molecule has 0 radical (unpaired) electrons. The Labute approximate surface area is 156 Å². The van der Waals surface area contributed by atoms with Gasteiger partial charge in [0.15, 0.2) is 6.10 Å². The van der Waals surface area contributed by atoms with Gasteiger partial charge in [-0.05, 0) is 31.9 Å². The minimum Gasteiger partial charge on any atom is -0.480 e. The van der Waals surface area contributed by atoms with Crippen LogP contribution in [0.2, 0.25) is 0 Å². The lowest BCUT2D eigenvalue weighted by Gasteiger charge is -2.33. The Kier molecular flexibility index (Phi) is 5.41. The number of benzene rings is 1. The van der Waals surface area contributed by atoms with E-state index in [0.717, 1.165) is 0 Å². The minimum absolute atomic E-state index is 0.0673. The zero-order chi connectivity index (χ0) is 19.4. The number of aromatic carboxylic acids is 1. The van der Waals surface area contributed by atoms with Crippen LogP contribution >= 0.6 is 0 Å². The molecule has 0 aliphatic carbocycles. The predicted molar refractivity (Wildman–Crippen MR) is 95.3 cm³/mol. The Hall–Kier alpha value is -3.34. The lowest BCUT2D eigenvalue weighted by Crippen LogP contribution is -2.45. The average molecular weight is 368 g/mol. The largest absolute Gasteiger partial charge is 0.480 e. The van der Waals surface area contributed by atoms with E-state index in [-0.39, 0.29) is 17.5 Å². The molecule has 0 spiro atoms. The molecule has 0 bridgehead atoms. The molecule has 1 N–H and O–H groups in total. The minimum atomic E-state index is -1.00. The number of amides is 1. The first-order valence-electron chi connectivity index (χ1n) is 8.71. The number of carboxylic acid groups (broad SMARTS) is 1. The summed E-state index contributed by atoms with van der Waals surface area (Å²) in [5.41, 5.74) is 0.551. The van der Waals surface area contributed by atoms with Crippen LogP contribution in [0.4, 0.5) is 0 Å². The highest BCUT2D eigenvalue weighted by Gasteiger charge is 2.28. The molecule has 1 fully saturated rings. The molecule has 1 atom stereocenters. The number of carbonyl (C=O) groups is 2. The van der Waals surface area contributed by atoms with Crippen molar-refractivity contribution in [2.24, 2.45) is 0 Å². The summed E-state index contributed by atoms with van der Waals surface area (Å²) in [6.07, 6.45) is 3.54. The van der Waals surface area contributed by atoms with E-state index in [1.54, 1.807) is 40.8 Å². The first kappa shape index (κ1) is 18.5. The molecule has 2 aromatic rings. The number of carboxylic acids is 1. The molecule has 8 nitrogen and oxygen atoms in total. The molecule has 1 unspecified atom stereocenters. The second-order valence-electron chi connectivity index (χ2n) is 6.44. The maximum Gasteiger partial charge on any atom is 0.338 e. The summed E-state index contributed by atoms with van der Waals surface area (Å²) in [6, 6.07) is 8.94. The van der Waals surface area contributed by atoms with Crippen molar-refractivity contribution in [2.45, 2.75) is 31.9 Å². The van der Waals surface area contributed by atoms with Gasteiger partial charge in [-0.1, -0.05) is 12.1 Å². The van der Waals surface area contributed by atoms with Gasteiger partial charge in [0, 0.05) is 19.3 Å². The number of hydrogen-bond donors (Lipinski definition) is 1. The summed E-state index contributed by atoms with van der Waals surface area (Å²) < 4.78 is 7.36. The molecule has 1 aliphatic rings. The van der Waals surface area contributed by atoms with Crippen LogP contribution < -0.4 is 4.74 Å². The number of aromatic nitrogens is 2. The number of para-hydroxylation sites is 1. The van der Waals surface area contributed by atoms with Gasteiger partial charge in [0.25, 0.3) is 5.91 Å². The van der Waals surface area contributed by atoms with Crippen molar-refractivity contribution in [2.75, 3.05) is 13.1 Å². The van der Waals surface area contributed by atoms with E-state index >= 15 is 0 Å². The Morgan fingerprint density at radius 1 is 1.33 bits per heavy atom. The van der Waals surface area contributed by atoms with Crippen LogP contribution in [-0.2, 0) is 4.79 Å². The molecule has 1 amide bonds. The van der Waals surface area contributed by atoms with E-state index in [4.69, 9.17) is 15.1 Å². The maximum atomic E-state index is 12.7. The second kappa shape index (κ2) is 7.91. The summed E-state index contributed by atoms with van der Waals surface area (Å²) in [5, 5.41) is 22.2. The van der Waals surface area contributed by atoms with E-state index in [2.05, 4.69) is 11.2 Å². The lowest BCUT2D eigenvalue weighted by molar-refractivity contribution is -0.139. The number of piperidine rings is 1. The fraction of sp³-hybridized carbons (Fsp3) is 0.368. The highest BCUT2D eigenvalue weighted by molar-refractivity contribution is 5.86. The molecule has 2 heterocycles. The normalized spacial score (nSPS) is 15.8. The zero-order valence-corrected chi connectivity index (χ0v) is 14.9. The number of nitriles is 1. The molecule has 27 heavy (non-hydrogen) atoms. The third-order valence-corrected chi connectivity index (χ3v) is 4.66. The monoisotopic (exact) mass is 368 g/mol. The van der Waals surface area contributed by atoms with Gasteiger partial charge in [0.1, 0.15) is 11.8 Å². The van der Waals surface area contributed by atoms with E-state index in [0.29, 0.717) is 37.2 Å². The van der Waals surface area contributed by atoms with Crippen LogP contribution in [0.3, 0.4) is 0 Å². The van der Waals surface area contributed by atoms with Crippen LogP contribution in [-0.4, -0.2) is 50.9 Å². The van der Waals surface area contributed by atoms with Gasteiger partial charge < -0.3 is 14.7 Å². The van der Waals surface area contributed by atoms with E-state index in [1.807, 2.05) is 0 Å². The van der Waals surface area contributed by atoms with Gasteiger partial charge in [-0.2, -0.15) is 10.4 Å². The van der Waals surface area contributed by atoms with Gasteiger partial charge in [0.2, 0.25) is 0 Å². The third kappa shape index (κ3) is 4.08. The standard InChI is InChI=1S/C19H20N4O4/c1-13(27-17-5-3-2-4-14(17)10-20)18(24)22-8-6-16(7-9-22)23-12-15(11-21-23)19(25)26/h2-5,11-13,16H,6-9H2,1H3,(H,25,26). The molecule has 1 saturated heterocycles. The zero-order valence-electron chi connectivity index (χ0n) is 14.9. The van der Waals surface area contributed by atoms with E-state index < -0.39 is 12.1 Å². The van der Waals surface area contributed by atoms with Gasteiger partial charge in [-0.15, -0.1) is 0 Å². The van der Waals surface area contributed by atoms with Crippen molar-refractivity contribution in [3.05, 3.63) is 47.8 Å². The summed E-state index contributed by atoms with van der Waals surface area (Å²) in [5.74, 6) is -0.737. The summed E-state index contributed by atoms with van der Waals surface area (Å²) >= 11 is 0. The fourth-order valence-electron chi connectivity index (χ4n) is 3.16. The highest BCUT2D eigenvalue weighted by atomic mass is 16.5. The van der Waals surface area contributed by atoms with Gasteiger partial charge in [-0.25, -0.2) is 4.79 Å². The fourth-order valence-corrected chi connectivity index (χ4v) is 3.16. The number of nitrogens with zero attached hydrogens (tertiary/aromatic N) is 4. The molecule has 0 saturated carbocycles. The van der Waals surface area contributed by atoms with Crippen LogP contribution in [0.25, 0.3) is 0 Å². The van der Waals surface area contributed by atoms with E-state index in [9.17, 15) is 9.59 Å². The van der Waals surface area contributed by atoms with Gasteiger partial charge in [-0.3, -0.25) is 9.48 Å². The number of likely N-dealkylation sites (tertiary alicyclic amines) is 1. The summed E-state index contributed by atoms with van der Waals surface area (Å²) in [6.45, 7) is 2.76. The smallest absolute Gasteiger partial charge is 0.338 e. The second-order valence-corrected chi connectivity index (χ2v) is 6.44. The average Bonchev–Trinajstić information content (AvgIpc) is 3.18. The van der Waals surface area contributed by atoms with Crippen molar-refractivity contribution >= 4 is 11.9 Å². The molecule has 3 rings (SSSR count). The van der Waals surface area contributed by atoms with Crippen LogP contribution in [0.15, 0.2) is 36.7 Å². The first-order valence-corrected chi connectivity index (χ1v) is 8.71. The highest BCUT2D eigenvalue weighted by Crippen LogP contribution is 2.24. The molecular formula is C19H20N4O4. The van der Waals surface area contributed by atoms with E-state index in [1.165, 1.54) is 12.4 Å². The molecule has 1 aromatic heterocycles. The molecule has 1 aromatic carbocycles. The first-order chi connectivity index (χ1) is 13.0. The lowest BCUT2D eigenvalue weighted by atomic mass is 10.0. The SMILES string of the molecule is CC(Oc1ccccc1C#N)C(=O)N1CCC(n2cc(C(=O)O)cn2)CC1. The number of hydrogen-bond acceptors (Lipinski definition) is 5. The number of rotatable bonds is 5. The maximum absolute atomic E-state index is 12.7.